The van der Waals surface area contributed by atoms with E-state index in [1.807, 2.05) is 0 Å². The standard InChI is InChI=1S/C9H16BrN3O3S/c1-8-11-7-9(12-8)17(14,15)13(4-3-10)5-6-16-2/h7H,3-6H2,1-2H3,(H,11,12). The van der Waals surface area contributed by atoms with Crippen LogP contribution in [0.1, 0.15) is 5.82 Å². The van der Waals surface area contributed by atoms with Gasteiger partial charge in [-0.2, -0.15) is 4.31 Å². The van der Waals surface area contributed by atoms with Gasteiger partial charge in [0, 0.05) is 25.5 Å². The summed E-state index contributed by atoms with van der Waals surface area (Å²) in [5.41, 5.74) is 0. The first-order valence-corrected chi connectivity index (χ1v) is 7.65. The van der Waals surface area contributed by atoms with Crippen molar-refractivity contribution in [3.8, 4) is 0 Å². The van der Waals surface area contributed by atoms with Gasteiger partial charge in [0.2, 0.25) is 0 Å². The monoisotopic (exact) mass is 325 g/mol. The number of methoxy groups -OCH3 is 1. The molecule has 0 aliphatic carbocycles. The van der Waals surface area contributed by atoms with Gasteiger partial charge in [-0.25, -0.2) is 13.4 Å². The summed E-state index contributed by atoms with van der Waals surface area (Å²) < 4.78 is 30.7. The van der Waals surface area contributed by atoms with Crippen LogP contribution in [0.4, 0.5) is 0 Å². The Morgan fingerprint density at radius 3 is 2.71 bits per heavy atom. The lowest BCUT2D eigenvalue weighted by molar-refractivity contribution is 0.180. The average molecular weight is 326 g/mol. The summed E-state index contributed by atoms with van der Waals surface area (Å²) >= 11 is 3.24. The second-order valence-corrected chi connectivity index (χ2v) is 6.12. The highest BCUT2D eigenvalue weighted by Gasteiger charge is 2.25. The number of aryl methyl sites for hydroxylation is 1. The second kappa shape index (κ2) is 6.48. The minimum atomic E-state index is -3.51. The topological polar surface area (TPSA) is 75.3 Å². The molecule has 1 rings (SSSR count). The van der Waals surface area contributed by atoms with Crippen molar-refractivity contribution in [3.63, 3.8) is 0 Å². The first kappa shape index (κ1) is 14.6. The Morgan fingerprint density at radius 1 is 1.53 bits per heavy atom. The predicted octanol–water partition coefficient (Wildman–Crippen LogP) is 0.750. The number of H-pyrrole nitrogens is 1. The fraction of sp³-hybridized carbons (Fsp3) is 0.667. The quantitative estimate of drug-likeness (QED) is 0.751. The van der Waals surface area contributed by atoms with Crippen LogP contribution in [0.15, 0.2) is 11.2 Å². The third-order valence-electron chi connectivity index (χ3n) is 2.18. The number of alkyl halides is 1. The normalized spacial score (nSPS) is 12.2. The Kier molecular flexibility index (Phi) is 5.57. The summed E-state index contributed by atoms with van der Waals surface area (Å²) in [5.74, 6) is 0.578. The minimum Gasteiger partial charge on any atom is -0.383 e. The van der Waals surface area contributed by atoms with Crippen molar-refractivity contribution in [3.05, 3.63) is 12.0 Å². The van der Waals surface area contributed by atoms with E-state index in [1.165, 1.54) is 10.5 Å². The molecule has 1 heterocycles. The number of aromatic nitrogens is 2. The van der Waals surface area contributed by atoms with Crippen molar-refractivity contribution in [2.45, 2.75) is 11.9 Å². The Labute approximate surface area is 110 Å². The number of nitrogens with one attached hydrogen (secondary N) is 1. The van der Waals surface area contributed by atoms with Gasteiger partial charge < -0.3 is 9.72 Å². The van der Waals surface area contributed by atoms with Gasteiger partial charge >= 0.3 is 0 Å². The van der Waals surface area contributed by atoms with E-state index < -0.39 is 10.0 Å². The molecule has 98 valence electrons. The summed E-state index contributed by atoms with van der Waals surface area (Å²) in [6.07, 6.45) is 1.33. The van der Waals surface area contributed by atoms with E-state index in [-0.39, 0.29) is 5.03 Å². The van der Waals surface area contributed by atoms with Gasteiger partial charge in [-0.3, -0.25) is 0 Å². The van der Waals surface area contributed by atoms with Gasteiger partial charge in [0.25, 0.3) is 10.0 Å². The molecule has 0 amide bonds. The molecule has 1 N–H and O–H groups in total. The van der Waals surface area contributed by atoms with E-state index in [1.54, 1.807) is 14.0 Å². The maximum Gasteiger partial charge on any atom is 0.260 e. The molecule has 0 aliphatic rings. The van der Waals surface area contributed by atoms with Crippen molar-refractivity contribution in [1.29, 1.82) is 0 Å². The highest BCUT2D eigenvalue weighted by Crippen LogP contribution is 2.13. The van der Waals surface area contributed by atoms with Crippen LogP contribution in [0, 0.1) is 6.92 Å². The summed E-state index contributed by atoms with van der Waals surface area (Å²) in [6, 6.07) is 0. The highest BCUT2D eigenvalue weighted by atomic mass is 79.9. The van der Waals surface area contributed by atoms with Gasteiger partial charge in [-0.15, -0.1) is 0 Å². The average Bonchev–Trinajstić information content (AvgIpc) is 2.71. The number of aromatic amines is 1. The molecule has 0 bridgehead atoms. The molecule has 0 aliphatic heterocycles. The number of rotatable bonds is 7. The van der Waals surface area contributed by atoms with E-state index in [0.717, 1.165) is 0 Å². The lowest BCUT2D eigenvalue weighted by atomic mass is 10.6. The Bertz CT molecular complexity index is 446. The van der Waals surface area contributed by atoms with Crippen molar-refractivity contribution in [1.82, 2.24) is 14.3 Å². The van der Waals surface area contributed by atoms with Crippen LogP contribution in [0.2, 0.25) is 0 Å². The molecule has 6 nitrogen and oxygen atoms in total. The lowest BCUT2D eigenvalue weighted by Gasteiger charge is -2.19. The van der Waals surface area contributed by atoms with Crippen LogP contribution >= 0.6 is 15.9 Å². The number of sulfonamides is 1. The van der Waals surface area contributed by atoms with E-state index in [9.17, 15) is 8.42 Å². The van der Waals surface area contributed by atoms with E-state index >= 15 is 0 Å². The summed E-state index contributed by atoms with van der Waals surface area (Å²) in [5, 5.41) is 0.690. The van der Waals surface area contributed by atoms with Crippen molar-refractivity contribution in [2.24, 2.45) is 0 Å². The number of hydrogen-bond acceptors (Lipinski definition) is 4. The predicted molar refractivity (Wildman–Crippen MR) is 67.8 cm³/mol. The van der Waals surface area contributed by atoms with Crippen LogP contribution in [0.25, 0.3) is 0 Å². The zero-order chi connectivity index (χ0) is 12.9. The third-order valence-corrected chi connectivity index (χ3v) is 4.34. The molecule has 0 saturated carbocycles. The molecule has 0 fully saturated rings. The van der Waals surface area contributed by atoms with Crippen molar-refractivity contribution < 1.29 is 13.2 Å². The Hall–Kier alpha value is -0.440. The Morgan fingerprint density at radius 2 is 2.24 bits per heavy atom. The second-order valence-electron chi connectivity index (χ2n) is 3.42. The van der Waals surface area contributed by atoms with Crippen LogP contribution in [0.3, 0.4) is 0 Å². The minimum absolute atomic E-state index is 0.118. The Balaban J connectivity index is 2.91. The van der Waals surface area contributed by atoms with Crippen LogP contribution < -0.4 is 0 Å². The molecule has 1 aromatic rings. The van der Waals surface area contributed by atoms with Gasteiger partial charge in [0.15, 0.2) is 5.03 Å². The molecule has 1 aromatic heterocycles. The number of halogens is 1. The van der Waals surface area contributed by atoms with E-state index in [4.69, 9.17) is 4.74 Å². The van der Waals surface area contributed by atoms with Gasteiger partial charge in [-0.1, -0.05) is 15.9 Å². The molecule has 0 saturated heterocycles. The molecule has 0 unspecified atom stereocenters. The SMILES string of the molecule is COCCN(CCBr)S(=O)(=O)c1cnc(C)[nH]1. The van der Waals surface area contributed by atoms with Crippen molar-refractivity contribution in [2.75, 3.05) is 32.1 Å². The summed E-state index contributed by atoms with van der Waals surface area (Å²) in [6.45, 7) is 2.79. The molecule has 0 aromatic carbocycles. The highest BCUT2D eigenvalue weighted by molar-refractivity contribution is 9.09. The van der Waals surface area contributed by atoms with Gasteiger partial charge in [0.1, 0.15) is 5.82 Å². The van der Waals surface area contributed by atoms with Gasteiger partial charge in [0.05, 0.1) is 12.8 Å². The fourth-order valence-corrected chi connectivity index (χ4v) is 3.36. The first-order valence-electron chi connectivity index (χ1n) is 5.09. The molecule has 0 atom stereocenters. The van der Waals surface area contributed by atoms with Crippen LogP contribution in [0.5, 0.6) is 0 Å². The number of nitrogens with zero attached hydrogens (tertiary/aromatic N) is 2. The molecule has 8 heteroatoms. The largest absolute Gasteiger partial charge is 0.383 e. The molecular weight excluding hydrogens is 310 g/mol. The first-order chi connectivity index (χ1) is 8.02. The number of imidazole rings is 1. The molecule has 0 radical (unpaired) electrons. The maximum absolute atomic E-state index is 12.2. The lowest BCUT2D eigenvalue weighted by Crippen LogP contribution is -2.35. The fourth-order valence-electron chi connectivity index (χ4n) is 1.31. The zero-order valence-corrected chi connectivity index (χ0v) is 12.2. The zero-order valence-electron chi connectivity index (χ0n) is 9.81. The smallest absolute Gasteiger partial charge is 0.260 e. The molecule has 17 heavy (non-hydrogen) atoms. The number of ether oxygens (including phenoxy) is 1. The van der Waals surface area contributed by atoms with E-state index in [2.05, 4.69) is 25.9 Å². The summed E-state index contributed by atoms with van der Waals surface area (Å²) in [7, 11) is -1.97. The summed E-state index contributed by atoms with van der Waals surface area (Å²) in [4.78, 5) is 6.64. The van der Waals surface area contributed by atoms with Crippen LogP contribution in [-0.2, 0) is 14.8 Å². The van der Waals surface area contributed by atoms with Crippen molar-refractivity contribution >= 4 is 26.0 Å². The number of hydrogen-bond donors (Lipinski definition) is 1. The third kappa shape index (κ3) is 3.77. The van der Waals surface area contributed by atoms with E-state index in [0.29, 0.717) is 30.9 Å². The van der Waals surface area contributed by atoms with Crippen LogP contribution in [-0.4, -0.2) is 54.8 Å². The maximum atomic E-state index is 12.2. The molecule has 0 spiro atoms. The van der Waals surface area contributed by atoms with Gasteiger partial charge in [-0.05, 0) is 6.92 Å². The molecular formula is C9H16BrN3O3S.